The Hall–Kier alpha value is -1.76. The first-order chi connectivity index (χ1) is 7.56. The van der Waals surface area contributed by atoms with Crippen molar-refractivity contribution in [2.24, 2.45) is 5.73 Å². The topological polar surface area (TPSA) is 105 Å². The number of rotatable bonds is 5. The minimum Gasteiger partial charge on any atom is -0.383 e. The van der Waals surface area contributed by atoms with Gasteiger partial charge in [-0.1, -0.05) is 0 Å². The Bertz CT molecular complexity index is 327. The second-order valence-corrected chi connectivity index (χ2v) is 3.47. The summed E-state index contributed by atoms with van der Waals surface area (Å²) < 4.78 is 4.88. The van der Waals surface area contributed by atoms with Crippen LogP contribution >= 0.6 is 0 Å². The van der Waals surface area contributed by atoms with E-state index in [4.69, 9.17) is 10.5 Å². The van der Waals surface area contributed by atoms with Gasteiger partial charge in [-0.3, -0.25) is 9.59 Å². The van der Waals surface area contributed by atoms with Gasteiger partial charge in [-0.15, -0.1) is 0 Å². The van der Waals surface area contributed by atoms with Crippen LogP contribution in [0.4, 0.5) is 0 Å². The van der Waals surface area contributed by atoms with Crippen molar-refractivity contribution in [2.45, 2.75) is 13.0 Å². The summed E-state index contributed by atoms with van der Waals surface area (Å²) >= 11 is 0. The maximum atomic E-state index is 11.7. The van der Waals surface area contributed by atoms with Crippen LogP contribution in [0.15, 0.2) is 11.4 Å². The van der Waals surface area contributed by atoms with Gasteiger partial charge in [0.15, 0.2) is 0 Å². The fourth-order valence-corrected chi connectivity index (χ4v) is 1.39. The number of methoxy groups -OCH3 is 1. The maximum Gasteiger partial charge on any atom is 0.270 e. The molecule has 0 radical (unpaired) electrons. The van der Waals surface area contributed by atoms with Crippen molar-refractivity contribution in [1.29, 1.82) is 0 Å². The van der Waals surface area contributed by atoms with E-state index in [0.29, 0.717) is 13.3 Å². The molecule has 1 atom stereocenters. The van der Waals surface area contributed by atoms with E-state index in [9.17, 15) is 9.59 Å². The fraction of sp³-hybridized carbons (Fsp3) is 0.556. The summed E-state index contributed by atoms with van der Waals surface area (Å²) in [5.41, 5.74) is 5.40. The molecule has 0 aliphatic carbocycles. The lowest BCUT2D eigenvalue weighted by atomic mass is 10.3. The summed E-state index contributed by atoms with van der Waals surface area (Å²) in [6.07, 6.45) is 0. The third kappa shape index (κ3) is 2.86. The Labute approximate surface area is 93.4 Å². The molecule has 7 heteroatoms. The highest BCUT2D eigenvalue weighted by molar-refractivity contribution is 6.04. The Balaban J connectivity index is 2.66. The van der Waals surface area contributed by atoms with E-state index in [0.717, 1.165) is 0 Å². The molecular formula is C9H16N4O3. The number of primary amides is 1. The molecule has 0 saturated carbocycles. The normalized spacial score (nSPS) is 16.4. The summed E-state index contributed by atoms with van der Waals surface area (Å²) in [5, 5.41) is 8.12. The quantitative estimate of drug-likeness (QED) is 0.435. The molecule has 90 valence electrons. The molecule has 0 aromatic heterocycles. The molecule has 16 heavy (non-hydrogen) atoms. The molecule has 1 unspecified atom stereocenters. The third-order valence-corrected chi connectivity index (χ3v) is 2.05. The number of amides is 2. The SMILES string of the molecule is COCC(C)NC(=O)C1=C(C(N)=O)NCN1. The van der Waals surface area contributed by atoms with E-state index >= 15 is 0 Å². The zero-order valence-corrected chi connectivity index (χ0v) is 9.29. The lowest BCUT2D eigenvalue weighted by Gasteiger charge is -2.13. The lowest BCUT2D eigenvalue weighted by molar-refractivity contribution is -0.120. The highest BCUT2D eigenvalue weighted by atomic mass is 16.5. The summed E-state index contributed by atoms with van der Waals surface area (Å²) in [6.45, 7) is 2.52. The Morgan fingerprint density at radius 2 is 2.12 bits per heavy atom. The fourth-order valence-electron chi connectivity index (χ4n) is 1.39. The second kappa shape index (κ2) is 5.36. The Morgan fingerprint density at radius 1 is 1.50 bits per heavy atom. The van der Waals surface area contributed by atoms with E-state index < -0.39 is 5.91 Å². The van der Waals surface area contributed by atoms with E-state index in [1.807, 2.05) is 0 Å². The summed E-state index contributed by atoms with van der Waals surface area (Å²) in [4.78, 5) is 22.7. The monoisotopic (exact) mass is 228 g/mol. The molecule has 0 fully saturated rings. The maximum absolute atomic E-state index is 11.7. The summed E-state index contributed by atoms with van der Waals surface area (Å²) in [5.74, 6) is -1.03. The Morgan fingerprint density at radius 3 is 2.69 bits per heavy atom. The number of carbonyl (C=O) groups excluding carboxylic acids is 2. The van der Waals surface area contributed by atoms with Crippen LogP contribution in [0.25, 0.3) is 0 Å². The molecule has 0 bridgehead atoms. The van der Waals surface area contributed by atoms with E-state index in [-0.39, 0.29) is 23.3 Å². The average molecular weight is 228 g/mol. The largest absolute Gasteiger partial charge is 0.383 e. The minimum absolute atomic E-state index is 0.113. The first kappa shape index (κ1) is 12.3. The van der Waals surface area contributed by atoms with Gasteiger partial charge in [0.25, 0.3) is 11.8 Å². The van der Waals surface area contributed by atoms with Crippen molar-refractivity contribution in [2.75, 3.05) is 20.4 Å². The highest BCUT2D eigenvalue weighted by Crippen LogP contribution is 2.03. The minimum atomic E-state index is -0.658. The summed E-state index contributed by atoms with van der Waals surface area (Å²) in [7, 11) is 1.55. The third-order valence-electron chi connectivity index (χ3n) is 2.05. The van der Waals surface area contributed by atoms with Crippen LogP contribution in [0, 0.1) is 0 Å². The van der Waals surface area contributed by atoms with Crippen molar-refractivity contribution in [3.8, 4) is 0 Å². The van der Waals surface area contributed by atoms with Crippen molar-refractivity contribution in [1.82, 2.24) is 16.0 Å². The van der Waals surface area contributed by atoms with Gasteiger partial charge in [-0.25, -0.2) is 0 Å². The number of carbonyl (C=O) groups is 2. The standard InChI is InChI=1S/C9H16N4O3/c1-5(3-16-2)13-9(15)7-6(8(10)14)11-4-12-7/h5,11-12H,3-4H2,1-2H3,(H2,10,14)(H,13,15). The molecule has 1 aliphatic heterocycles. The number of hydrogen-bond donors (Lipinski definition) is 4. The van der Waals surface area contributed by atoms with Crippen LogP contribution in [0.1, 0.15) is 6.92 Å². The first-order valence-corrected chi connectivity index (χ1v) is 4.88. The highest BCUT2D eigenvalue weighted by Gasteiger charge is 2.24. The lowest BCUT2D eigenvalue weighted by Crippen LogP contribution is -2.39. The van der Waals surface area contributed by atoms with Crippen LogP contribution in [0.2, 0.25) is 0 Å². The van der Waals surface area contributed by atoms with Crippen LogP contribution in [-0.4, -0.2) is 38.2 Å². The van der Waals surface area contributed by atoms with Crippen molar-refractivity contribution in [3.63, 3.8) is 0 Å². The average Bonchev–Trinajstić information content (AvgIpc) is 2.65. The number of ether oxygens (including phenoxy) is 1. The Kier molecular flexibility index (Phi) is 4.12. The van der Waals surface area contributed by atoms with Gasteiger partial charge in [-0.2, -0.15) is 0 Å². The second-order valence-electron chi connectivity index (χ2n) is 3.47. The van der Waals surface area contributed by atoms with Crippen molar-refractivity contribution in [3.05, 3.63) is 11.4 Å². The number of nitrogens with two attached hydrogens (primary N) is 1. The van der Waals surface area contributed by atoms with Crippen LogP contribution in [-0.2, 0) is 14.3 Å². The predicted octanol–water partition coefficient (Wildman–Crippen LogP) is -2.02. The molecule has 0 aromatic carbocycles. The van der Waals surface area contributed by atoms with Crippen LogP contribution in [0.3, 0.4) is 0 Å². The van der Waals surface area contributed by atoms with Crippen LogP contribution < -0.4 is 21.7 Å². The predicted molar refractivity (Wildman–Crippen MR) is 56.8 cm³/mol. The molecule has 2 amide bonds. The molecule has 0 spiro atoms. The zero-order chi connectivity index (χ0) is 12.1. The molecule has 0 aromatic rings. The first-order valence-electron chi connectivity index (χ1n) is 4.88. The molecule has 1 heterocycles. The van der Waals surface area contributed by atoms with Gasteiger partial charge >= 0.3 is 0 Å². The van der Waals surface area contributed by atoms with Gasteiger partial charge in [0, 0.05) is 13.2 Å². The molecule has 7 nitrogen and oxygen atoms in total. The van der Waals surface area contributed by atoms with Gasteiger partial charge in [0.1, 0.15) is 11.4 Å². The van der Waals surface area contributed by atoms with Gasteiger partial charge in [0.2, 0.25) is 0 Å². The van der Waals surface area contributed by atoms with E-state index in [1.54, 1.807) is 14.0 Å². The zero-order valence-electron chi connectivity index (χ0n) is 9.29. The van der Waals surface area contributed by atoms with Crippen LogP contribution in [0.5, 0.6) is 0 Å². The number of nitrogens with one attached hydrogen (secondary N) is 3. The molecule has 1 aliphatic rings. The van der Waals surface area contributed by atoms with Crippen molar-refractivity contribution >= 4 is 11.8 Å². The molecule has 1 rings (SSSR count). The molecule has 5 N–H and O–H groups in total. The smallest absolute Gasteiger partial charge is 0.270 e. The number of hydrogen-bond acceptors (Lipinski definition) is 5. The summed E-state index contributed by atoms with van der Waals surface area (Å²) in [6, 6.07) is -0.137. The van der Waals surface area contributed by atoms with Gasteiger partial charge < -0.3 is 26.4 Å². The van der Waals surface area contributed by atoms with E-state index in [1.165, 1.54) is 0 Å². The van der Waals surface area contributed by atoms with Gasteiger partial charge in [0.05, 0.1) is 13.3 Å². The van der Waals surface area contributed by atoms with Crippen molar-refractivity contribution < 1.29 is 14.3 Å². The van der Waals surface area contributed by atoms with Gasteiger partial charge in [-0.05, 0) is 6.92 Å². The molecule has 0 saturated heterocycles. The van der Waals surface area contributed by atoms with E-state index in [2.05, 4.69) is 16.0 Å². The molecular weight excluding hydrogens is 212 g/mol.